The summed E-state index contributed by atoms with van der Waals surface area (Å²) in [4.78, 5) is 22.7. The van der Waals surface area contributed by atoms with E-state index in [1.165, 1.54) is 0 Å². The van der Waals surface area contributed by atoms with Crippen LogP contribution >= 0.6 is 0 Å². The Morgan fingerprint density at radius 2 is 2.07 bits per heavy atom. The minimum Gasteiger partial charge on any atom is -0.424 e. The molecule has 0 amide bonds. The van der Waals surface area contributed by atoms with Crippen LogP contribution in [0.25, 0.3) is 0 Å². The molecule has 0 saturated carbocycles. The lowest BCUT2D eigenvalue weighted by atomic mass is 9.82. The fourth-order valence-corrected chi connectivity index (χ4v) is 1.22. The van der Waals surface area contributed by atoms with E-state index < -0.39 is 17.7 Å². The molecule has 2 atom stereocenters. The number of carbonyl (C=O) groups is 2. The maximum atomic E-state index is 11.4. The number of esters is 2. The van der Waals surface area contributed by atoms with Crippen LogP contribution in [0.1, 0.15) is 27.7 Å². The average molecular weight is 212 g/mol. The number of rotatable bonds is 2. The zero-order valence-electron chi connectivity index (χ0n) is 9.49. The van der Waals surface area contributed by atoms with Crippen molar-refractivity contribution in [2.24, 2.45) is 11.3 Å². The molecular weight excluding hydrogens is 196 g/mol. The van der Waals surface area contributed by atoms with Gasteiger partial charge in [0.2, 0.25) is 0 Å². The van der Waals surface area contributed by atoms with Crippen LogP contribution in [-0.4, -0.2) is 18.2 Å². The molecule has 1 heterocycles. The lowest BCUT2D eigenvalue weighted by Gasteiger charge is -2.20. The van der Waals surface area contributed by atoms with Gasteiger partial charge in [0.15, 0.2) is 0 Å². The molecule has 84 valence electrons. The van der Waals surface area contributed by atoms with Crippen LogP contribution in [0.15, 0.2) is 12.2 Å². The second-order valence-corrected chi connectivity index (χ2v) is 4.47. The van der Waals surface area contributed by atoms with E-state index in [2.05, 4.69) is 6.58 Å². The molecule has 1 fully saturated rings. The lowest BCUT2D eigenvalue weighted by molar-refractivity contribution is -0.177. The molecule has 1 saturated heterocycles. The van der Waals surface area contributed by atoms with E-state index in [0.29, 0.717) is 5.57 Å². The molecule has 4 nitrogen and oxygen atoms in total. The highest BCUT2D eigenvalue weighted by atomic mass is 16.7. The van der Waals surface area contributed by atoms with Crippen molar-refractivity contribution in [2.75, 3.05) is 0 Å². The third kappa shape index (κ3) is 2.03. The first-order valence-electron chi connectivity index (χ1n) is 4.84. The smallest absolute Gasteiger partial charge is 0.336 e. The fraction of sp³-hybridized carbons (Fsp3) is 0.636. The zero-order valence-corrected chi connectivity index (χ0v) is 9.49. The van der Waals surface area contributed by atoms with Crippen LogP contribution < -0.4 is 0 Å². The van der Waals surface area contributed by atoms with Gasteiger partial charge in [0, 0.05) is 11.5 Å². The highest BCUT2D eigenvalue weighted by Crippen LogP contribution is 2.39. The average Bonchev–Trinajstić information content (AvgIpc) is 2.30. The Morgan fingerprint density at radius 1 is 1.53 bits per heavy atom. The Morgan fingerprint density at radius 3 is 2.40 bits per heavy atom. The maximum Gasteiger partial charge on any atom is 0.336 e. The molecule has 0 aromatic rings. The predicted molar refractivity (Wildman–Crippen MR) is 53.7 cm³/mol. The minimum absolute atomic E-state index is 0.159. The normalized spacial score (nSPS) is 28.4. The van der Waals surface area contributed by atoms with Gasteiger partial charge in [-0.1, -0.05) is 13.5 Å². The molecule has 0 aromatic carbocycles. The Labute approximate surface area is 89.2 Å². The summed E-state index contributed by atoms with van der Waals surface area (Å²) in [5.74, 6) is -1.03. The van der Waals surface area contributed by atoms with Gasteiger partial charge in [-0.05, 0) is 20.8 Å². The largest absolute Gasteiger partial charge is 0.424 e. The number of ether oxygens (including phenoxy) is 2. The molecule has 15 heavy (non-hydrogen) atoms. The third-order valence-electron chi connectivity index (χ3n) is 2.87. The van der Waals surface area contributed by atoms with E-state index in [-0.39, 0.29) is 11.9 Å². The summed E-state index contributed by atoms with van der Waals surface area (Å²) in [6, 6.07) is 0. The van der Waals surface area contributed by atoms with Crippen LogP contribution in [0.3, 0.4) is 0 Å². The molecule has 0 radical (unpaired) electrons. The number of carbonyl (C=O) groups excluding carboxylic acids is 2. The summed E-state index contributed by atoms with van der Waals surface area (Å²) >= 11 is 0. The van der Waals surface area contributed by atoms with E-state index in [9.17, 15) is 9.59 Å². The molecule has 0 N–H and O–H groups in total. The summed E-state index contributed by atoms with van der Waals surface area (Å²) in [6.07, 6.45) is -0.795. The first kappa shape index (κ1) is 11.8. The molecule has 2 unspecified atom stereocenters. The van der Waals surface area contributed by atoms with Gasteiger partial charge < -0.3 is 9.47 Å². The number of hydrogen-bond donors (Lipinski definition) is 0. The summed E-state index contributed by atoms with van der Waals surface area (Å²) in [7, 11) is 0. The van der Waals surface area contributed by atoms with Crippen molar-refractivity contribution >= 4 is 11.9 Å². The fourth-order valence-electron chi connectivity index (χ4n) is 1.22. The Bertz CT molecular complexity index is 317. The Hall–Kier alpha value is -1.32. The van der Waals surface area contributed by atoms with Crippen LogP contribution in [0.2, 0.25) is 0 Å². The third-order valence-corrected chi connectivity index (χ3v) is 2.87. The highest BCUT2D eigenvalue weighted by Gasteiger charge is 2.50. The van der Waals surface area contributed by atoms with Gasteiger partial charge in [-0.2, -0.15) is 0 Å². The van der Waals surface area contributed by atoms with Crippen molar-refractivity contribution < 1.29 is 19.1 Å². The first-order valence-corrected chi connectivity index (χ1v) is 4.84. The molecule has 1 aliphatic heterocycles. The lowest BCUT2D eigenvalue weighted by Crippen LogP contribution is -2.28. The summed E-state index contributed by atoms with van der Waals surface area (Å²) < 4.78 is 10.00. The van der Waals surface area contributed by atoms with Crippen molar-refractivity contribution in [1.82, 2.24) is 0 Å². The van der Waals surface area contributed by atoms with Crippen molar-refractivity contribution in [2.45, 2.75) is 34.0 Å². The van der Waals surface area contributed by atoms with E-state index >= 15 is 0 Å². The molecular formula is C11H16O4. The molecule has 4 heteroatoms. The zero-order chi connectivity index (χ0) is 11.8. The van der Waals surface area contributed by atoms with Crippen molar-refractivity contribution in [3.8, 4) is 0 Å². The van der Waals surface area contributed by atoms with Gasteiger partial charge >= 0.3 is 11.9 Å². The number of hydrogen-bond acceptors (Lipinski definition) is 4. The van der Waals surface area contributed by atoms with Crippen LogP contribution in [-0.2, 0) is 19.1 Å². The van der Waals surface area contributed by atoms with Crippen LogP contribution in [0.4, 0.5) is 0 Å². The second kappa shape index (κ2) is 3.68. The minimum atomic E-state index is -0.795. The molecule has 0 bridgehead atoms. The van der Waals surface area contributed by atoms with E-state index in [1.807, 2.05) is 6.92 Å². The van der Waals surface area contributed by atoms with Crippen molar-refractivity contribution in [3.63, 3.8) is 0 Å². The monoisotopic (exact) mass is 212 g/mol. The van der Waals surface area contributed by atoms with Crippen molar-refractivity contribution in [3.05, 3.63) is 12.2 Å². The van der Waals surface area contributed by atoms with Crippen molar-refractivity contribution in [1.29, 1.82) is 0 Å². The quantitative estimate of drug-likeness (QED) is 0.516. The Kier molecular flexibility index (Phi) is 2.88. The molecule has 1 rings (SSSR count). The standard InChI is InChI=1S/C11H16O4/c1-6(2)8(12)14-9-7(3)11(4,5)10(13)15-9/h7,9H,1H2,2-5H3. The van der Waals surface area contributed by atoms with Gasteiger partial charge in [-0.25, -0.2) is 4.79 Å². The summed E-state index contributed by atoms with van der Waals surface area (Å²) in [5, 5.41) is 0. The summed E-state index contributed by atoms with van der Waals surface area (Å²) in [6.45, 7) is 10.4. The van der Waals surface area contributed by atoms with Gasteiger partial charge in [0.05, 0.1) is 5.41 Å². The van der Waals surface area contributed by atoms with Gasteiger partial charge in [-0.3, -0.25) is 4.79 Å². The topological polar surface area (TPSA) is 52.6 Å². The SMILES string of the molecule is C=C(C)C(=O)OC1OC(=O)C(C)(C)C1C. The highest BCUT2D eigenvalue weighted by molar-refractivity contribution is 5.87. The van der Waals surface area contributed by atoms with Gasteiger partial charge in [0.25, 0.3) is 6.29 Å². The first-order chi connectivity index (χ1) is 6.76. The van der Waals surface area contributed by atoms with Gasteiger partial charge in [0.1, 0.15) is 0 Å². The second-order valence-electron chi connectivity index (χ2n) is 4.47. The molecule has 0 aliphatic carbocycles. The maximum absolute atomic E-state index is 11.4. The van der Waals surface area contributed by atoms with Crippen LogP contribution in [0.5, 0.6) is 0 Å². The molecule has 0 spiro atoms. The van der Waals surface area contributed by atoms with E-state index in [4.69, 9.17) is 9.47 Å². The van der Waals surface area contributed by atoms with E-state index in [0.717, 1.165) is 0 Å². The molecule has 1 aliphatic rings. The summed E-state index contributed by atoms with van der Waals surface area (Å²) in [5.41, 5.74) is -0.317. The molecule has 0 aromatic heterocycles. The van der Waals surface area contributed by atoms with E-state index in [1.54, 1.807) is 20.8 Å². The van der Waals surface area contributed by atoms with Gasteiger partial charge in [-0.15, -0.1) is 0 Å². The van der Waals surface area contributed by atoms with Crippen LogP contribution in [0, 0.1) is 11.3 Å². The number of cyclic esters (lactones) is 1. The Balaban J connectivity index is 2.72. The predicted octanol–water partition coefficient (Wildman–Crippen LogP) is 1.65.